The van der Waals surface area contributed by atoms with Crippen LogP contribution in [0.25, 0.3) is 32.0 Å². The highest BCUT2D eigenvalue weighted by Gasteiger charge is 2.45. The Bertz CT molecular complexity index is 2250. The number of nitrogens with one attached hydrogen (secondary N) is 1. The average molecular weight is 678 g/mol. The summed E-state index contributed by atoms with van der Waals surface area (Å²) >= 11 is 8.05. The van der Waals surface area contributed by atoms with Gasteiger partial charge < -0.3 is 14.6 Å². The first-order valence-electron chi connectivity index (χ1n) is 16.1. The molecule has 1 amide bonds. The largest absolute Gasteiger partial charge is 0.421 e. The number of aryl methyl sites for hydroxylation is 3. The van der Waals surface area contributed by atoms with E-state index < -0.39 is 0 Å². The monoisotopic (exact) mass is 677 g/mol. The van der Waals surface area contributed by atoms with Gasteiger partial charge in [-0.15, -0.1) is 21.5 Å². The lowest BCUT2D eigenvalue weighted by molar-refractivity contribution is 0.0776. The van der Waals surface area contributed by atoms with Gasteiger partial charge in [-0.1, -0.05) is 23.7 Å². The number of anilines is 1. The predicted molar refractivity (Wildman–Crippen MR) is 182 cm³/mol. The molecule has 1 unspecified atom stereocenters. The van der Waals surface area contributed by atoms with Crippen molar-refractivity contribution in [1.82, 2.24) is 30.0 Å². The van der Waals surface area contributed by atoms with E-state index in [1.165, 1.54) is 12.1 Å². The van der Waals surface area contributed by atoms with E-state index in [1.54, 1.807) is 36.6 Å². The molecule has 1 N–H and O–H groups in total. The number of thiophene rings is 1. The Balaban J connectivity index is 1.21. The van der Waals surface area contributed by atoms with Crippen molar-refractivity contribution < 1.29 is 13.6 Å². The zero-order chi connectivity index (χ0) is 32.5. The lowest BCUT2D eigenvalue weighted by atomic mass is 9.93. The van der Waals surface area contributed by atoms with Crippen LogP contribution in [0, 0.1) is 12.7 Å². The molecule has 3 aliphatic rings. The van der Waals surface area contributed by atoms with Gasteiger partial charge in [0.2, 0.25) is 11.8 Å². The van der Waals surface area contributed by atoms with Crippen molar-refractivity contribution >= 4 is 44.7 Å². The molecule has 6 aromatic rings. The Hall–Kier alpha value is -4.74. The molecule has 0 saturated carbocycles. The number of aromatic nitrogens is 5. The number of carbonyl (C=O) groups excluding carboxylic acids is 1. The van der Waals surface area contributed by atoms with Crippen LogP contribution in [0.15, 0.2) is 59.4 Å². The first kappa shape index (κ1) is 29.4. The molecule has 0 radical (unpaired) electrons. The fraction of sp³-hybridized carbons (Fsp3) is 0.278. The molecular formula is C36H29ClFN7O2S. The van der Waals surface area contributed by atoms with Crippen LogP contribution >= 0.6 is 22.9 Å². The Labute approximate surface area is 284 Å². The smallest absolute Gasteiger partial charge is 0.257 e. The van der Waals surface area contributed by atoms with E-state index in [-0.39, 0.29) is 23.8 Å². The topological polar surface area (TPSA) is 110 Å². The minimum Gasteiger partial charge on any atom is -0.421 e. The van der Waals surface area contributed by atoms with Crippen LogP contribution in [0.1, 0.15) is 75.7 Å². The van der Waals surface area contributed by atoms with E-state index >= 15 is 0 Å². The molecule has 7 heterocycles. The number of halogens is 2. The first-order valence-corrected chi connectivity index (χ1v) is 17.3. The molecule has 9 nitrogen and oxygen atoms in total. The zero-order valence-electron chi connectivity index (χ0n) is 26.0. The number of nitrogens with zero attached hydrogens (tertiary/aromatic N) is 6. The maximum atomic E-state index is 14.2. The van der Waals surface area contributed by atoms with E-state index in [0.29, 0.717) is 47.3 Å². The molecule has 12 heteroatoms. The highest BCUT2D eigenvalue weighted by Crippen LogP contribution is 2.50. The number of carbonyl (C=O) groups is 1. The van der Waals surface area contributed by atoms with Gasteiger partial charge in [0, 0.05) is 42.5 Å². The Morgan fingerprint density at radius 1 is 1.08 bits per heavy atom. The van der Waals surface area contributed by atoms with E-state index in [9.17, 15) is 9.18 Å². The molecule has 1 aliphatic carbocycles. The highest BCUT2D eigenvalue weighted by atomic mass is 35.5. The van der Waals surface area contributed by atoms with Crippen molar-refractivity contribution in [2.24, 2.45) is 0 Å². The summed E-state index contributed by atoms with van der Waals surface area (Å²) in [6.45, 7) is 2.45. The zero-order valence-corrected chi connectivity index (χ0v) is 27.5. The SMILES string of the molecule is Cc1nnc(-c2c(CCc3ccc(F)cc3)nc3c(c2-c2cc4ccnc(N[C@@H]5CCc6c(Cl)cncc65)c4s2)C(=O)N2CCCC32)o1. The Kier molecular flexibility index (Phi) is 7.01. The van der Waals surface area contributed by atoms with Crippen LogP contribution in [0.4, 0.5) is 10.2 Å². The molecule has 1 fully saturated rings. The van der Waals surface area contributed by atoms with Gasteiger partial charge in [0.05, 0.1) is 44.3 Å². The van der Waals surface area contributed by atoms with Crippen molar-refractivity contribution in [2.45, 2.75) is 57.5 Å². The fourth-order valence-electron chi connectivity index (χ4n) is 7.51. The summed E-state index contributed by atoms with van der Waals surface area (Å²) in [6, 6.07) is 10.6. The van der Waals surface area contributed by atoms with E-state index in [2.05, 4.69) is 26.6 Å². The third-order valence-corrected chi connectivity index (χ3v) is 11.2. The minimum absolute atomic E-state index is 0.0153. The normalized spacial score (nSPS) is 18.1. The number of amides is 1. The van der Waals surface area contributed by atoms with Crippen LogP contribution in [0.5, 0.6) is 0 Å². The van der Waals surface area contributed by atoms with Crippen molar-refractivity contribution in [1.29, 1.82) is 0 Å². The number of hydrogen-bond acceptors (Lipinski definition) is 9. The van der Waals surface area contributed by atoms with Crippen LogP contribution in [-0.4, -0.2) is 42.5 Å². The van der Waals surface area contributed by atoms with Gasteiger partial charge in [0.15, 0.2) is 0 Å². The molecule has 0 spiro atoms. The fourth-order valence-corrected chi connectivity index (χ4v) is 8.93. The average Bonchev–Trinajstić information content (AvgIpc) is 3.92. The second-order valence-corrected chi connectivity index (χ2v) is 14.1. The first-order chi connectivity index (χ1) is 23.4. The lowest BCUT2D eigenvalue weighted by Crippen LogP contribution is -2.22. The van der Waals surface area contributed by atoms with Gasteiger partial charge in [-0.2, -0.15) is 0 Å². The number of benzene rings is 1. The summed E-state index contributed by atoms with van der Waals surface area (Å²) in [6.07, 6.45) is 10.1. The van der Waals surface area contributed by atoms with Gasteiger partial charge in [-0.05, 0) is 84.9 Å². The van der Waals surface area contributed by atoms with Gasteiger partial charge in [-0.3, -0.25) is 14.8 Å². The van der Waals surface area contributed by atoms with Crippen molar-refractivity contribution in [3.05, 3.63) is 105 Å². The molecule has 1 saturated heterocycles. The summed E-state index contributed by atoms with van der Waals surface area (Å²) in [5, 5.41) is 14.0. The second-order valence-electron chi connectivity index (χ2n) is 12.6. The number of fused-ring (bicyclic) bond motifs is 5. The summed E-state index contributed by atoms with van der Waals surface area (Å²) in [4.78, 5) is 31.4. The highest BCUT2D eigenvalue weighted by molar-refractivity contribution is 7.23. The molecule has 9 rings (SSSR count). The minimum atomic E-state index is -0.274. The molecule has 2 atom stereocenters. The number of rotatable bonds is 7. The Morgan fingerprint density at radius 3 is 2.79 bits per heavy atom. The second kappa shape index (κ2) is 11.5. The van der Waals surface area contributed by atoms with Gasteiger partial charge in [-0.25, -0.2) is 9.37 Å². The quantitative estimate of drug-likeness (QED) is 0.181. The van der Waals surface area contributed by atoms with Crippen molar-refractivity contribution in [2.75, 3.05) is 11.9 Å². The van der Waals surface area contributed by atoms with Crippen molar-refractivity contribution in [3.63, 3.8) is 0 Å². The van der Waals surface area contributed by atoms with Crippen LogP contribution in [0.3, 0.4) is 0 Å². The summed E-state index contributed by atoms with van der Waals surface area (Å²) in [5.41, 5.74) is 6.84. The third kappa shape index (κ3) is 4.78. The molecular weight excluding hydrogens is 649 g/mol. The molecule has 1 aromatic carbocycles. The lowest BCUT2D eigenvalue weighted by Gasteiger charge is -2.16. The molecule has 0 bridgehead atoms. The van der Waals surface area contributed by atoms with Gasteiger partial charge in [0.25, 0.3) is 5.91 Å². The molecule has 5 aromatic heterocycles. The Morgan fingerprint density at radius 2 is 1.96 bits per heavy atom. The summed E-state index contributed by atoms with van der Waals surface area (Å²) in [7, 11) is 0. The van der Waals surface area contributed by atoms with Crippen LogP contribution < -0.4 is 5.32 Å². The van der Waals surface area contributed by atoms with Crippen LogP contribution in [-0.2, 0) is 19.3 Å². The van der Waals surface area contributed by atoms with Crippen LogP contribution in [0.2, 0.25) is 5.02 Å². The summed E-state index contributed by atoms with van der Waals surface area (Å²) in [5.74, 6) is 1.23. The molecule has 2 aliphatic heterocycles. The maximum Gasteiger partial charge on any atom is 0.257 e. The maximum absolute atomic E-state index is 14.2. The number of pyridine rings is 3. The van der Waals surface area contributed by atoms with Crippen molar-refractivity contribution in [3.8, 4) is 21.9 Å². The standard InChI is InChI=1S/C36H29ClFN7O2S/c1-18-43-44-35(47-18)29-26(10-6-19-4-7-21(38)8-5-19)41-32-27-3-2-14-45(27)36(46)31(32)30(29)28-15-20-12-13-40-34(33(20)48-28)42-25-11-9-22-23(25)16-39-17-24(22)37/h4-5,7-8,12-13,15-17,25,27H,2-3,6,9-11,14H2,1H3,(H,40,42)/t25-,27?/m1/s1. The number of hydrogen-bond donors (Lipinski definition) is 1. The van der Waals surface area contributed by atoms with E-state index in [1.807, 2.05) is 23.4 Å². The summed E-state index contributed by atoms with van der Waals surface area (Å²) < 4.78 is 20.8. The molecule has 48 heavy (non-hydrogen) atoms. The van der Waals surface area contributed by atoms with E-state index in [4.69, 9.17) is 26.0 Å². The van der Waals surface area contributed by atoms with E-state index in [0.717, 1.165) is 80.1 Å². The third-order valence-electron chi connectivity index (χ3n) is 9.73. The van der Waals surface area contributed by atoms with Gasteiger partial charge in [0.1, 0.15) is 11.6 Å². The molecule has 240 valence electrons. The van der Waals surface area contributed by atoms with Gasteiger partial charge >= 0.3 is 0 Å². The predicted octanol–water partition coefficient (Wildman–Crippen LogP) is 8.08.